The standard InChI is InChI=1S/C20H27F3NP/c1-3-15(11-18(21)4-2)9-7-5-6-8-10-16-12-20(23)17(14-24-25)13-19(16)22/h3-4,11-13,24H,1,5-10,14,25H2,2H3/b15-11+,18-4+. The highest BCUT2D eigenvalue weighted by Crippen LogP contribution is 2.19. The van der Waals surface area contributed by atoms with Gasteiger partial charge in [0.2, 0.25) is 0 Å². The van der Waals surface area contributed by atoms with Gasteiger partial charge in [-0.3, -0.25) is 5.09 Å². The summed E-state index contributed by atoms with van der Waals surface area (Å²) < 4.78 is 41.0. The monoisotopic (exact) mass is 369 g/mol. The lowest BCUT2D eigenvalue weighted by Gasteiger charge is -2.08. The van der Waals surface area contributed by atoms with Crippen LogP contribution in [0.25, 0.3) is 0 Å². The number of hydrogen-bond donors (Lipinski definition) is 1. The number of nitrogens with one attached hydrogen (secondary N) is 1. The first-order valence-electron chi connectivity index (χ1n) is 8.56. The van der Waals surface area contributed by atoms with Gasteiger partial charge >= 0.3 is 0 Å². The molecule has 0 saturated heterocycles. The first-order chi connectivity index (χ1) is 12.0. The number of hydrogen-bond acceptors (Lipinski definition) is 1. The lowest BCUT2D eigenvalue weighted by Crippen LogP contribution is -2.03. The zero-order chi connectivity index (χ0) is 18.7. The summed E-state index contributed by atoms with van der Waals surface area (Å²) in [5.74, 6) is -0.985. The van der Waals surface area contributed by atoms with Gasteiger partial charge in [0.05, 0.1) is 0 Å². The van der Waals surface area contributed by atoms with Crippen molar-refractivity contribution >= 4 is 9.39 Å². The van der Waals surface area contributed by atoms with Crippen LogP contribution in [0.1, 0.15) is 50.2 Å². The molecular weight excluding hydrogens is 342 g/mol. The van der Waals surface area contributed by atoms with E-state index >= 15 is 0 Å². The molecule has 0 aromatic heterocycles. The topological polar surface area (TPSA) is 12.0 Å². The molecule has 1 N–H and O–H groups in total. The summed E-state index contributed by atoms with van der Waals surface area (Å²) in [4.78, 5) is 0. The third-order valence-electron chi connectivity index (χ3n) is 4.03. The molecule has 1 unspecified atom stereocenters. The minimum atomic E-state index is -0.377. The maximum absolute atomic E-state index is 14.0. The van der Waals surface area contributed by atoms with E-state index < -0.39 is 0 Å². The summed E-state index contributed by atoms with van der Waals surface area (Å²) >= 11 is 0. The number of rotatable bonds is 11. The molecule has 138 valence electrons. The molecule has 0 amide bonds. The molecule has 0 spiro atoms. The number of allylic oxidation sites excluding steroid dienone is 5. The van der Waals surface area contributed by atoms with Gasteiger partial charge in [-0.05, 0) is 62.0 Å². The highest BCUT2D eigenvalue weighted by Gasteiger charge is 2.09. The van der Waals surface area contributed by atoms with E-state index in [1.165, 1.54) is 24.3 Å². The number of benzene rings is 1. The Hall–Kier alpha value is -1.38. The second kappa shape index (κ2) is 12.1. The molecule has 1 nitrogen and oxygen atoms in total. The van der Waals surface area contributed by atoms with E-state index in [9.17, 15) is 13.2 Å². The molecule has 1 atom stereocenters. The van der Waals surface area contributed by atoms with Gasteiger partial charge in [0.1, 0.15) is 17.5 Å². The molecule has 25 heavy (non-hydrogen) atoms. The second-order valence-corrected chi connectivity index (χ2v) is 6.34. The number of unbranched alkanes of at least 4 members (excludes halogenated alkanes) is 3. The van der Waals surface area contributed by atoms with E-state index in [0.717, 1.165) is 37.7 Å². The van der Waals surface area contributed by atoms with Gasteiger partial charge in [0, 0.05) is 12.1 Å². The number of aryl methyl sites for hydroxylation is 1. The fourth-order valence-electron chi connectivity index (χ4n) is 2.56. The fourth-order valence-corrected chi connectivity index (χ4v) is 2.78. The van der Waals surface area contributed by atoms with Crippen LogP contribution in [0.4, 0.5) is 13.2 Å². The highest BCUT2D eigenvalue weighted by atomic mass is 31.0. The Kier molecular flexibility index (Phi) is 10.4. The Morgan fingerprint density at radius 2 is 1.76 bits per heavy atom. The van der Waals surface area contributed by atoms with E-state index in [4.69, 9.17) is 0 Å². The molecular formula is C20H27F3NP. The predicted octanol–water partition coefficient (Wildman–Crippen LogP) is 6.32. The molecule has 5 heteroatoms. The summed E-state index contributed by atoms with van der Waals surface area (Å²) in [7, 11) is 2.27. The van der Waals surface area contributed by atoms with Gasteiger partial charge in [0.15, 0.2) is 0 Å². The van der Waals surface area contributed by atoms with Crippen LogP contribution in [-0.2, 0) is 13.0 Å². The van der Waals surface area contributed by atoms with Crippen molar-refractivity contribution in [1.29, 1.82) is 0 Å². The molecule has 1 aromatic carbocycles. The van der Waals surface area contributed by atoms with Crippen molar-refractivity contribution in [3.05, 3.63) is 71.1 Å². The van der Waals surface area contributed by atoms with Crippen molar-refractivity contribution in [2.75, 3.05) is 0 Å². The van der Waals surface area contributed by atoms with Gasteiger partial charge in [-0.15, -0.1) is 0 Å². The quantitative estimate of drug-likeness (QED) is 0.273. The van der Waals surface area contributed by atoms with Crippen LogP contribution in [0.2, 0.25) is 0 Å². The molecule has 0 aliphatic rings. The second-order valence-electron chi connectivity index (χ2n) is 5.93. The Labute approximate surface area is 151 Å². The lowest BCUT2D eigenvalue weighted by atomic mass is 10.0. The van der Waals surface area contributed by atoms with Crippen LogP contribution >= 0.6 is 9.39 Å². The lowest BCUT2D eigenvalue weighted by molar-refractivity contribution is 0.561. The third kappa shape index (κ3) is 8.02. The largest absolute Gasteiger partial charge is 0.296 e. The number of halogens is 3. The maximum Gasteiger partial charge on any atom is 0.128 e. The van der Waals surface area contributed by atoms with Crippen molar-refractivity contribution in [3.8, 4) is 0 Å². The summed E-state index contributed by atoms with van der Waals surface area (Å²) in [5.41, 5.74) is 1.63. The third-order valence-corrected chi connectivity index (χ3v) is 4.23. The molecule has 0 aliphatic heterocycles. The Morgan fingerprint density at radius 3 is 2.40 bits per heavy atom. The highest BCUT2D eigenvalue weighted by molar-refractivity contribution is 7.13. The van der Waals surface area contributed by atoms with E-state index in [-0.39, 0.29) is 24.0 Å². The zero-order valence-electron chi connectivity index (χ0n) is 14.8. The molecule has 1 aromatic rings. The Bertz CT molecular complexity index is 624. The maximum atomic E-state index is 14.0. The first-order valence-corrected chi connectivity index (χ1v) is 9.14. The smallest absolute Gasteiger partial charge is 0.128 e. The average Bonchev–Trinajstić information content (AvgIpc) is 2.60. The van der Waals surface area contributed by atoms with Crippen molar-refractivity contribution in [3.63, 3.8) is 0 Å². The molecule has 0 radical (unpaired) electrons. The SMILES string of the molecule is C=C/C(=C\C(F)=C/C)CCCCCCc1cc(F)c(CNP)cc1F. The molecule has 0 fully saturated rings. The molecule has 0 aliphatic carbocycles. The normalized spacial score (nSPS) is 12.5. The zero-order valence-corrected chi connectivity index (χ0v) is 15.9. The molecule has 0 bridgehead atoms. The summed E-state index contributed by atoms with van der Waals surface area (Å²) in [5, 5.41) is 2.74. The molecule has 0 saturated carbocycles. The molecule has 1 rings (SSSR count). The van der Waals surface area contributed by atoms with Crippen LogP contribution in [0, 0.1) is 11.6 Å². The van der Waals surface area contributed by atoms with Crippen LogP contribution in [-0.4, -0.2) is 0 Å². The van der Waals surface area contributed by atoms with E-state index in [0.29, 0.717) is 17.5 Å². The van der Waals surface area contributed by atoms with Crippen LogP contribution in [0.5, 0.6) is 0 Å². The fraction of sp³-hybridized carbons (Fsp3) is 0.400. The minimum absolute atomic E-state index is 0.257. The van der Waals surface area contributed by atoms with E-state index in [2.05, 4.69) is 21.1 Å². The molecule has 0 heterocycles. The van der Waals surface area contributed by atoms with Gasteiger partial charge < -0.3 is 0 Å². The van der Waals surface area contributed by atoms with Gasteiger partial charge in [0.25, 0.3) is 0 Å². The van der Waals surface area contributed by atoms with Gasteiger partial charge in [-0.1, -0.05) is 41.0 Å². The predicted molar refractivity (Wildman–Crippen MR) is 103 cm³/mol. The van der Waals surface area contributed by atoms with E-state index in [1.807, 2.05) is 0 Å². The van der Waals surface area contributed by atoms with Crippen molar-refractivity contribution in [2.45, 2.75) is 52.0 Å². The van der Waals surface area contributed by atoms with Crippen LogP contribution < -0.4 is 5.09 Å². The van der Waals surface area contributed by atoms with Crippen molar-refractivity contribution < 1.29 is 13.2 Å². The Balaban J connectivity index is 2.38. The summed E-state index contributed by atoms with van der Waals surface area (Å²) in [6.07, 6.45) is 9.48. The summed E-state index contributed by atoms with van der Waals surface area (Å²) in [6.45, 7) is 5.63. The average molecular weight is 369 g/mol. The first kappa shape index (κ1) is 21.7. The van der Waals surface area contributed by atoms with E-state index in [1.54, 1.807) is 13.0 Å². The summed E-state index contributed by atoms with van der Waals surface area (Å²) in [6, 6.07) is 2.56. The van der Waals surface area contributed by atoms with Crippen LogP contribution in [0.15, 0.2) is 48.3 Å². The minimum Gasteiger partial charge on any atom is -0.296 e. The van der Waals surface area contributed by atoms with Gasteiger partial charge in [-0.2, -0.15) is 0 Å². The van der Waals surface area contributed by atoms with Crippen molar-refractivity contribution in [1.82, 2.24) is 5.09 Å². The van der Waals surface area contributed by atoms with Gasteiger partial charge in [-0.25, -0.2) is 13.2 Å². The van der Waals surface area contributed by atoms with Crippen LogP contribution in [0.3, 0.4) is 0 Å². The van der Waals surface area contributed by atoms with Crippen molar-refractivity contribution in [2.24, 2.45) is 0 Å². The Morgan fingerprint density at radius 1 is 1.12 bits per heavy atom.